The molecule has 106 valence electrons. The van der Waals surface area contributed by atoms with Crippen LogP contribution in [0.2, 0.25) is 0 Å². The Labute approximate surface area is 129 Å². The van der Waals surface area contributed by atoms with Gasteiger partial charge in [-0.2, -0.15) is 0 Å². The van der Waals surface area contributed by atoms with Gasteiger partial charge in [0.2, 0.25) is 5.91 Å². The van der Waals surface area contributed by atoms with E-state index in [1.807, 2.05) is 24.1 Å². The minimum Gasteiger partial charge on any atom is -0.336 e. The summed E-state index contributed by atoms with van der Waals surface area (Å²) in [6.45, 7) is 1.64. The maximum absolute atomic E-state index is 12.1. The van der Waals surface area contributed by atoms with E-state index in [2.05, 4.69) is 33.4 Å². The van der Waals surface area contributed by atoms with E-state index in [9.17, 15) is 4.79 Å². The molecule has 1 N–H and O–H groups in total. The van der Waals surface area contributed by atoms with Crippen molar-refractivity contribution in [2.24, 2.45) is 0 Å². The van der Waals surface area contributed by atoms with Gasteiger partial charge in [-0.15, -0.1) is 12.4 Å². The normalized spacial score (nSPS) is 18.2. The van der Waals surface area contributed by atoms with E-state index in [1.54, 1.807) is 0 Å². The lowest BCUT2D eigenvalue weighted by Crippen LogP contribution is -2.32. The zero-order valence-electron chi connectivity index (χ0n) is 11.1. The molecular formula is C14H20BrClN2O. The van der Waals surface area contributed by atoms with Crippen LogP contribution in [0.4, 0.5) is 0 Å². The van der Waals surface area contributed by atoms with Gasteiger partial charge in [-0.1, -0.05) is 28.1 Å². The van der Waals surface area contributed by atoms with E-state index < -0.39 is 0 Å². The summed E-state index contributed by atoms with van der Waals surface area (Å²) in [5, 5.41) is 3.03. The van der Waals surface area contributed by atoms with Gasteiger partial charge in [0.05, 0.1) is 6.04 Å². The average molecular weight is 348 g/mol. The second-order valence-corrected chi connectivity index (χ2v) is 5.57. The maximum atomic E-state index is 12.1. The summed E-state index contributed by atoms with van der Waals surface area (Å²) in [5.41, 5.74) is 1.24. The van der Waals surface area contributed by atoms with Gasteiger partial charge in [0.25, 0.3) is 0 Å². The molecule has 1 saturated heterocycles. The zero-order valence-corrected chi connectivity index (χ0v) is 13.5. The fourth-order valence-corrected chi connectivity index (χ4v) is 2.74. The summed E-state index contributed by atoms with van der Waals surface area (Å²) in [5.74, 6) is 0.259. The molecule has 1 aliphatic rings. The van der Waals surface area contributed by atoms with E-state index in [0.717, 1.165) is 30.4 Å². The predicted molar refractivity (Wildman–Crippen MR) is 83.6 cm³/mol. The van der Waals surface area contributed by atoms with Crippen LogP contribution in [0.25, 0.3) is 0 Å². The van der Waals surface area contributed by atoms with E-state index in [-0.39, 0.29) is 24.4 Å². The van der Waals surface area contributed by atoms with Gasteiger partial charge in [0.15, 0.2) is 0 Å². The van der Waals surface area contributed by atoms with Gasteiger partial charge in [0, 0.05) is 24.0 Å². The molecule has 0 bridgehead atoms. The van der Waals surface area contributed by atoms with E-state index in [4.69, 9.17) is 0 Å². The van der Waals surface area contributed by atoms with Crippen LogP contribution in [0, 0.1) is 0 Å². The number of likely N-dealkylation sites (tertiary alicyclic amines) is 1. The molecular weight excluding hydrogens is 328 g/mol. The van der Waals surface area contributed by atoms with Crippen LogP contribution in [0.1, 0.15) is 30.9 Å². The lowest BCUT2D eigenvalue weighted by Gasteiger charge is -2.25. The standard InChI is InChI=1S/C14H19BrN2O.ClH/c1-16-9-8-14(18)17-10-2-3-13(17)11-4-6-12(15)7-5-11;/h4-7,13,16H,2-3,8-10H2,1H3;1H. The third-order valence-electron chi connectivity index (χ3n) is 3.42. The second kappa shape index (κ2) is 7.88. The molecule has 1 unspecified atom stereocenters. The molecule has 2 rings (SSSR count). The van der Waals surface area contributed by atoms with Crippen molar-refractivity contribution >= 4 is 34.2 Å². The molecule has 1 aromatic carbocycles. The van der Waals surface area contributed by atoms with Gasteiger partial charge >= 0.3 is 0 Å². The highest BCUT2D eigenvalue weighted by Crippen LogP contribution is 2.32. The molecule has 1 aromatic rings. The van der Waals surface area contributed by atoms with Gasteiger partial charge in [0.1, 0.15) is 0 Å². The Morgan fingerprint density at radius 2 is 2.11 bits per heavy atom. The number of carbonyl (C=O) groups excluding carboxylic acids is 1. The number of carbonyl (C=O) groups is 1. The Kier molecular flexibility index (Phi) is 6.83. The Morgan fingerprint density at radius 3 is 2.74 bits per heavy atom. The molecule has 0 aliphatic carbocycles. The summed E-state index contributed by atoms with van der Waals surface area (Å²) < 4.78 is 1.08. The lowest BCUT2D eigenvalue weighted by molar-refractivity contribution is -0.132. The Hall–Kier alpha value is -0.580. The van der Waals surface area contributed by atoms with Crippen LogP contribution < -0.4 is 5.32 Å². The van der Waals surface area contributed by atoms with E-state index in [1.165, 1.54) is 5.56 Å². The molecule has 1 aliphatic heterocycles. The highest BCUT2D eigenvalue weighted by molar-refractivity contribution is 9.10. The van der Waals surface area contributed by atoms with Crippen molar-refractivity contribution in [3.05, 3.63) is 34.3 Å². The minimum absolute atomic E-state index is 0. The van der Waals surface area contributed by atoms with Crippen LogP contribution in [0.3, 0.4) is 0 Å². The monoisotopic (exact) mass is 346 g/mol. The lowest BCUT2D eigenvalue weighted by atomic mass is 10.0. The fourth-order valence-electron chi connectivity index (χ4n) is 2.47. The molecule has 0 aromatic heterocycles. The van der Waals surface area contributed by atoms with Crippen LogP contribution in [-0.2, 0) is 4.79 Å². The predicted octanol–water partition coefficient (Wildman–Crippen LogP) is 3.14. The number of nitrogens with zero attached hydrogens (tertiary/aromatic N) is 1. The number of rotatable bonds is 4. The van der Waals surface area contributed by atoms with Gasteiger partial charge in [-0.05, 0) is 37.6 Å². The number of amides is 1. The van der Waals surface area contributed by atoms with Crippen molar-refractivity contribution in [3.8, 4) is 0 Å². The summed E-state index contributed by atoms with van der Waals surface area (Å²) in [4.78, 5) is 14.2. The third-order valence-corrected chi connectivity index (χ3v) is 3.95. The van der Waals surface area contributed by atoms with Crippen molar-refractivity contribution < 1.29 is 4.79 Å². The van der Waals surface area contributed by atoms with Crippen molar-refractivity contribution in [2.75, 3.05) is 20.1 Å². The molecule has 0 saturated carbocycles. The van der Waals surface area contributed by atoms with E-state index in [0.29, 0.717) is 6.42 Å². The first-order valence-electron chi connectivity index (χ1n) is 6.42. The number of nitrogens with one attached hydrogen (secondary N) is 1. The molecule has 1 amide bonds. The van der Waals surface area contributed by atoms with Gasteiger partial charge in [-0.3, -0.25) is 4.79 Å². The number of benzene rings is 1. The fraction of sp³-hybridized carbons (Fsp3) is 0.500. The highest BCUT2D eigenvalue weighted by Gasteiger charge is 2.29. The largest absolute Gasteiger partial charge is 0.336 e. The van der Waals surface area contributed by atoms with Gasteiger partial charge < -0.3 is 10.2 Å². The van der Waals surface area contributed by atoms with Crippen molar-refractivity contribution in [1.29, 1.82) is 0 Å². The molecule has 3 nitrogen and oxygen atoms in total. The summed E-state index contributed by atoms with van der Waals surface area (Å²) in [7, 11) is 1.88. The topological polar surface area (TPSA) is 32.3 Å². The SMILES string of the molecule is CNCCC(=O)N1CCCC1c1ccc(Br)cc1.Cl. The van der Waals surface area contributed by atoms with Crippen LogP contribution in [-0.4, -0.2) is 30.9 Å². The Morgan fingerprint density at radius 1 is 1.42 bits per heavy atom. The first-order valence-corrected chi connectivity index (χ1v) is 7.21. The molecule has 1 heterocycles. The third kappa shape index (κ3) is 4.20. The van der Waals surface area contributed by atoms with Gasteiger partial charge in [-0.25, -0.2) is 0 Å². The number of hydrogen-bond donors (Lipinski definition) is 1. The van der Waals surface area contributed by atoms with Crippen molar-refractivity contribution in [2.45, 2.75) is 25.3 Å². The summed E-state index contributed by atoms with van der Waals surface area (Å²) >= 11 is 3.44. The number of halogens is 2. The zero-order chi connectivity index (χ0) is 13.0. The molecule has 0 radical (unpaired) electrons. The molecule has 0 spiro atoms. The molecule has 5 heteroatoms. The Balaban J connectivity index is 0.00000180. The quantitative estimate of drug-likeness (QED) is 0.907. The van der Waals surface area contributed by atoms with Crippen molar-refractivity contribution in [1.82, 2.24) is 10.2 Å². The molecule has 1 fully saturated rings. The average Bonchev–Trinajstić information content (AvgIpc) is 2.86. The first kappa shape index (κ1) is 16.5. The second-order valence-electron chi connectivity index (χ2n) is 4.65. The molecule has 19 heavy (non-hydrogen) atoms. The maximum Gasteiger partial charge on any atom is 0.224 e. The molecule has 1 atom stereocenters. The van der Waals surface area contributed by atoms with Crippen LogP contribution in [0.15, 0.2) is 28.7 Å². The summed E-state index contributed by atoms with van der Waals surface area (Å²) in [6.07, 6.45) is 2.77. The number of hydrogen-bond acceptors (Lipinski definition) is 2. The highest BCUT2D eigenvalue weighted by atomic mass is 79.9. The smallest absolute Gasteiger partial charge is 0.224 e. The van der Waals surface area contributed by atoms with E-state index >= 15 is 0 Å². The van der Waals surface area contributed by atoms with Crippen LogP contribution in [0.5, 0.6) is 0 Å². The summed E-state index contributed by atoms with van der Waals surface area (Å²) in [6, 6.07) is 8.58. The Bertz CT molecular complexity index is 410. The minimum atomic E-state index is 0. The van der Waals surface area contributed by atoms with Crippen LogP contribution >= 0.6 is 28.3 Å². The van der Waals surface area contributed by atoms with Crippen molar-refractivity contribution in [3.63, 3.8) is 0 Å². The first-order chi connectivity index (χ1) is 8.72.